The first-order valence-corrected chi connectivity index (χ1v) is 5.06. The Labute approximate surface area is 88.1 Å². The van der Waals surface area contributed by atoms with Gasteiger partial charge in [-0.1, -0.05) is 20.3 Å². The van der Waals surface area contributed by atoms with Crippen LogP contribution < -0.4 is 0 Å². The lowest BCUT2D eigenvalue weighted by atomic mass is 9.98. The maximum absolute atomic E-state index is 11.4. The molecule has 0 aromatic heterocycles. The van der Waals surface area contributed by atoms with Crippen molar-refractivity contribution < 1.29 is 19.5 Å². The minimum atomic E-state index is -1.10. The summed E-state index contributed by atoms with van der Waals surface area (Å²) in [6.45, 7) is 3.57. The van der Waals surface area contributed by atoms with E-state index in [1.165, 1.54) is 0 Å². The summed E-state index contributed by atoms with van der Waals surface area (Å²) in [6, 6.07) is -1.00. The Morgan fingerprint density at radius 1 is 1.40 bits per heavy atom. The van der Waals surface area contributed by atoms with Crippen LogP contribution in [0.5, 0.6) is 0 Å². The molecule has 5 nitrogen and oxygen atoms in total. The van der Waals surface area contributed by atoms with Gasteiger partial charge >= 0.3 is 5.97 Å². The topological polar surface area (TPSA) is 74.7 Å². The number of aliphatic carboxylic acids is 1. The molecule has 1 saturated heterocycles. The monoisotopic (exact) mass is 213 g/mol. The molecule has 0 radical (unpaired) electrons. The summed E-state index contributed by atoms with van der Waals surface area (Å²) in [5.74, 6) is -2.05. The van der Waals surface area contributed by atoms with E-state index in [0.29, 0.717) is 6.42 Å². The third-order valence-electron chi connectivity index (χ3n) is 2.80. The maximum Gasteiger partial charge on any atom is 0.327 e. The Kier molecular flexibility index (Phi) is 3.44. The van der Waals surface area contributed by atoms with Crippen molar-refractivity contribution >= 4 is 17.8 Å². The lowest BCUT2D eigenvalue weighted by Gasteiger charge is -2.26. The highest BCUT2D eigenvalue weighted by Crippen LogP contribution is 2.22. The Bertz CT molecular complexity index is 284. The fourth-order valence-corrected chi connectivity index (χ4v) is 1.74. The van der Waals surface area contributed by atoms with Gasteiger partial charge in [0.15, 0.2) is 0 Å². The Hall–Kier alpha value is -1.39. The molecule has 84 valence electrons. The van der Waals surface area contributed by atoms with Crippen LogP contribution in [0.25, 0.3) is 0 Å². The van der Waals surface area contributed by atoms with E-state index >= 15 is 0 Å². The minimum Gasteiger partial charge on any atom is -0.480 e. The van der Waals surface area contributed by atoms with Gasteiger partial charge in [0, 0.05) is 12.8 Å². The Morgan fingerprint density at radius 2 is 1.87 bits per heavy atom. The summed E-state index contributed by atoms with van der Waals surface area (Å²) in [4.78, 5) is 34.7. The number of rotatable bonds is 4. The summed E-state index contributed by atoms with van der Waals surface area (Å²) >= 11 is 0. The number of carbonyl (C=O) groups excluding carboxylic acids is 2. The van der Waals surface area contributed by atoms with Crippen LogP contribution in [0.15, 0.2) is 0 Å². The average molecular weight is 213 g/mol. The van der Waals surface area contributed by atoms with Crippen LogP contribution in [-0.2, 0) is 14.4 Å². The fraction of sp³-hybridized carbons (Fsp3) is 0.700. The molecule has 1 fully saturated rings. The molecule has 0 saturated carbocycles. The first-order chi connectivity index (χ1) is 6.99. The highest BCUT2D eigenvalue weighted by atomic mass is 16.4. The van der Waals surface area contributed by atoms with Crippen LogP contribution in [0.1, 0.15) is 33.1 Å². The van der Waals surface area contributed by atoms with Crippen LogP contribution >= 0.6 is 0 Å². The van der Waals surface area contributed by atoms with Crippen molar-refractivity contribution in [2.75, 3.05) is 0 Å². The van der Waals surface area contributed by atoms with E-state index < -0.39 is 12.0 Å². The fourth-order valence-electron chi connectivity index (χ4n) is 1.74. The van der Waals surface area contributed by atoms with Crippen molar-refractivity contribution in [2.24, 2.45) is 5.92 Å². The van der Waals surface area contributed by atoms with E-state index in [9.17, 15) is 14.4 Å². The van der Waals surface area contributed by atoms with Crippen molar-refractivity contribution in [3.63, 3.8) is 0 Å². The highest BCUT2D eigenvalue weighted by molar-refractivity contribution is 6.04. The van der Waals surface area contributed by atoms with Gasteiger partial charge in [0.25, 0.3) is 0 Å². The number of carbonyl (C=O) groups is 3. The molecule has 1 aliphatic rings. The van der Waals surface area contributed by atoms with E-state index in [-0.39, 0.29) is 30.6 Å². The number of carboxylic acid groups (broad SMARTS) is 1. The molecule has 1 aliphatic heterocycles. The van der Waals surface area contributed by atoms with Gasteiger partial charge in [-0.2, -0.15) is 0 Å². The molecule has 1 unspecified atom stereocenters. The first-order valence-electron chi connectivity index (χ1n) is 5.06. The molecule has 1 heterocycles. The number of carboxylic acids is 1. The van der Waals surface area contributed by atoms with Crippen molar-refractivity contribution in [1.82, 2.24) is 4.90 Å². The third kappa shape index (κ3) is 2.16. The van der Waals surface area contributed by atoms with Gasteiger partial charge in [0.05, 0.1) is 0 Å². The normalized spacial score (nSPS) is 20.5. The maximum atomic E-state index is 11.4. The number of imide groups is 1. The molecule has 1 rings (SSSR count). The first kappa shape index (κ1) is 11.7. The van der Waals surface area contributed by atoms with Crippen LogP contribution in [0.2, 0.25) is 0 Å². The number of hydrogen-bond donors (Lipinski definition) is 1. The molecule has 5 heteroatoms. The van der Waals surface area contributed by atoms with E-state index in [1.807, 2.05) is 6.92 Å². The molecular weight excluding hydrogens is 198 g/mol. The van der Waals surface area contributed by atoms with Crippen molar-refractivity contribution in [3.05, 3.63) is 0 Å². The van der Waals surface area contributed by atoms with E-state index in [1.54, 1.807) is 6.92 Å². The smallest absolute Gasteiger partial charge is 0.327 e. The standard InChI is InChI=1S/C10H15NO4/c1-3-6(2)9(10(14)15)11-7(12)4-5-8(11)13/h6,9H,3-5H2,1-2H3,(H,14,15)/t6?,9-/m0/s1. The Balaban J connectivity index is 2.93. The largest absolute Gasteiger partial charge is 0.480 e. The van der Waals surface area contributed by atoms with Gasteiger partial charge < -0.3 is 5.11 Å². The molecule has 2 atom stereocenters. The van der Waals surface area contributed by atoms with Gasteiger partial charge in [-0.3, -0.25) is 14.5 Å². The van der Waals surface area contributed by atoms with E-state index in [0.717, 1.165) is 4.90 Å². The van der Waals surface area contributed by atoms with Crippen LogP contribution in [-0.4, -0.2) is 33.8 Å². The lowest BCUT2D eigenvalue weighted by Crippen LogP contribution is -2.48. The van der Waals surface area contributed by atoms with Crippen LogP contribution in [0.4, 0.5) is 0 Å². The highest BCUT2D eigenvalue weighted by Gasteiger charge is 2.40. The zero-order chi connectivity index (χ0) is 11.6. The van der Waals surface area contributed by atoms with Crippen molar-refractivity contribution in [3.8, 4) is 0 Å². The van der Waals surface area contributed by atoms with Gasteiger partial charge in [-0.25, -0.2) is 4.79 Å². The molecule has 0 aromatic rings. The summed E-state index contributed by atoms with van der Waals surface area (Å²) < 4.78 is 0. The number of nitrogens with zero attached hydrogens (tertiary/aromatic N) is 1. The van der Waals surface area contributed by atoms with Gasteiger partial charge in [-0.05, 0) is 5.92 Å². The molecule has 0 bridgehead atoms. The van der Waals surface area contributed by atoms with Gasteiger partial charge in [-0.15, -0.1) is 0 Å². The van der Waals surface area contributed by atoms with Crippen molar-refractivity contribution in [2.45, 2.75) is 39.2 Å². The molecule has 1 N–H and O–H groups in total. The van der Waals surface area contributed by atoms with Crippen LogP contribution in [0, 0.1) is 5.92 Å². The Morgan fingerprint density at radius 3 is 2.20 bits per heavy atom. The minimum absolute atomic E-state index is 0.138. The predicted molar refractivity (Wildman–Crippen MR) is 52.0 cm³/mol. The number of likely N-dealkylation sites (tertiary alicyclic amines) is 1. The second-order valence-electron chi connectivity index (χ2n) is 3.83. The zero-order valence-corrected chi connectivity index (χ0v) is 8.90. The SMILES string of the molecule is CCC(C)[C@@H](C(=O)O)N1C(=O)CCC1=O. The predicted octanol–water partition coefficient (Wildman–Crippen LogP) is 0.635. The second kappa shape index (κ2) is 4.42. The lowest BCUT2D eigenvalue weighted by molar-refractivity contribution is -0.156. The van der Waals surface area contributed by atoms with E-state index in [2.05, 4.69) is 0 Å². The summed E-state index contributed by atoms with van der Waals surface area (Å²) in [5.41, 5.74) is 0. The summed E-state index contributed by atoms with van der Waals surface area (Å²) in [7, 11) is 0. The quantitative estimate of drug-likeness (QED) is 0.695. The average Bonchev–Trinajstić information content (AvgIpc) is 2.49. The zero-order valence-electron chi connectivity index (χ0n) is 8.90. The molecule has 0 spiro atoms. The molecule has 15 heavy (non-hydrogen) atoms. The van der Waals surface area contributed by atoms with Crippen molar-refractivity contribution in [1.29, 1.82) is 0 Å². The summed E-state index contributed by atoms with van der Waals surface area (Å²) in [5, 5.41) is 9.02. The molecule has 2 amide bonds. The van der Waals surface area contributed by atoms with Gasteiger partial charge in [0.2, 0.25) is 11.8 Å². The molecule has 0 aromatic carbocycles. The van der Waals surface area contributed by atoms with Gasteiger partial charge in [0.1, 0.15) is 6.04 Å². The number of hydrogen-bond acceptors (Lipinski definition) is 3. The van der Waals surface area contributed by atoms with E-state index in [4.69, 9.17) is 5.11 Å². The summed E-state index contributed by atoms with van der Waals surface area (Å²) in [6.07, 6.45) is 0.895. The second-order valence-corrected chi connectivity index (χ2v) is 3.83. The molecule has 0 aliphatic carbocycles. The number of amides is 2. The van der Waals surface area contributed by atoms with Crippen LogP contribution in [0.3, 0.4) is 0 Å². The molecular formula is C10H15NO4. The third-order valence-corrected chi connectivity index (χ3v) is 2.80.